The van der Waals surface area contributed by atoms with Gasteiger partial charge < -0.3 is 16.8 Å². The van der Waals surface area contributed by atoms with E-state index in [-0.39, 0.29) is 35.9 Å². The Hall–Kier alpha value is -2.01. The van der Waals surface area contributed by atoms with Crippen LogP contribution in [0.5, 0.6) is 0 Å². The van der Waals surface area contributed by atoms with Crippen LogP contribution in [0.4, 0.5) is 4.39 Å². The number of hydrogen-bond donors (Lipinski definition) is 4. The van der Waals surface area contributed by atoms with E-state index in [1.807, 2.05) is 0 Å². The number of halogens is 1. The molecule has 4 atom stereocenters. The maximum atomic E-state index is 14.6. The average Bonchev–Trinajstić information content (AvgIpc) is 3.34. The van der Waals surface area contributed by atoms with E-state index < -0.39 is 12.1 Å². The third-order valence-corrected chi connectivity index (χ3v) is 9.39. The fourth-order valence-electron chi connectivity index (χ4n) is 6.94. The van der Waals surface area contributed by atoms with Gasteiger partial charge in [0.1, 0.15) is 11.5 Å². The van der Waals surface area contributed by atoms with E-state index in [1.54, 1.807) is 6.08 Å². The molecule has 1 saturated heterocycles. The lowest BCUT2D eigenvalue weighted by atomic mass is 9.73. The zero-order valence-electron chi connectivity index (χ0n) is 27.7. The molecule has 0 aromatic rings. The van der Waals surface area contributed by atoms with Crippen molar-refractivity contribution < 1.29 is 18.4 Å². The normalized spacial score (nSPS) is 29.1. The first-order valence-corrected chi connectivity index (χ1v) is 17.1. The van der Waals surface area contributed by atoms with Crippen molar-refractivity contribution in [2.24, 2.45) is 27.8 Å². The maximum absolute atomic E-state index is 14.6. The minimum atomic E-state index is -0.909. The first kappa shape index (κ1) is 35.5. The molecule has 244 valence electrons. The Kier molecular flexibility index (Phi) is 14.4. The summed E-state index contributed by atoms with van der Waals surface area (Å²) in [7, 11) is 0. The monoisotopic (exact) mass is 604 g/mol. The number of hydrazine groups is 1. The summed E-state index contributed by atoms with van der Waals surface area (Å²) in [5, 5.41) is 3.33. The molecule has 10 heteroatoms. The van der Waals surface area contributed by atoms with Crippen LogP contribution in [-0.4, -0.2) is 88.9 Å². The van der Waals surface area contributed by atoms with Gasteiger partial charge >= 0.3 is 6.34 Å². The zero-order valence-corrected chi connectivity index (χ0v) is 27.7. The first-order valence-electron chi connectivity index (χ1n) is 17.1. The van der Waals surface area contributed by atoms with Crippen LogP contribution in [0.2, 0.25) is 0 Å². The topological polar surface area (TPSA) is 115 Å². The number of carbonyl (C=O) groups excluding carboxylic acids is 1. The molecule has 43 heavy (non-hydrogen) atoms. The van der Waals surface area contributed by atoms with E-state index in [9.17, 15) is 9.18 Å². The third-order valence-electron chi connectivity index (χ3n) is 9.39. The molecule has 4 unspecified atom stereocenters. The number of likely N-dealkylation sites (tertiary alicyclic amines) is 1. The van der Waals surface area contributed by atoms with E-state index in [2.05, 4.69) is 65.9 Å². The summed E-state index contributed by atoms with van der Waals surface area (Å²) in [6.45, 7) is 14.5. The van der Waals surface area contributed by atoms with E-state index in [0.717, 1.165) is 76.0 Å². The van der Waals surface area contributed by atoms with Gasteiger partial charge in [-0.05, 0) is 44.1 Å². The molecule has 3 aliphatic heterocycles. The van der Waals surface area contributed by atoms with Crippen molar-refractivity contribution in [2.45, 2.75) is 130 Å². The Balaban J connectivity index is 1.96. The van der Waals surface area contributed by atoms with E-state index in [0.29, 0.717) is 19.4 Å². The molecule has 9 nitrogen and oxygen atoms in total. The second-order valence-corrected chi connectivity index (χ2v) is 13.3. The van der Waals surface area contributed by atoms with Gasteiger partial charge in [0.05, 0.1) is 12.1 Å². The zero-order chi connectivity index (χ0) is 31.4. The molecular formula is C33H61FN8O+2. The van der Waals surface area contributed by atoms with Crippen LogP contribution >= 0.6 is 0 Å². The van der Waals surface area contributed by atoms with E-state index >= 15 is 0 Å². The second kappa shape index (κ2) is 17.5. The summed E-state index contributed by atoms with van der Waals surface area (Å²) in [4.78, 5) is 21.4. The van der Waals surface area contributed by atoms with Crippen molar-refractivity contribution in [1.82, 2.24) is 15.6 Å². The number of nitrogens with one attached hydrogen (secondary N) is 2. The highest BCUT2D eigenvalue weighted by molar-refractivity contribution is 6.43. The number of hydrogen-bond acceptors (Lipinski definition) is 6. The predicted octanol–water partition coefficient (Wildman–Crippen LogP) is 4.06. The van der Waals surface area contributed by atoms with Crippen LogP contribution in [0.15, 0.2) is 16.9 Å². The largest absolute Gasteiger partial charge is 0.432 e. The smallest absolute Gasteiger partial charge is 0.315 e. The number of aliphatic imine (C=N–C) groups is 1. The summed E-state index contributed by atoms with van der Waals surface area (Å²) < 4.78 is 19.0. The first-order chi connectivity index (χ1) is 20.6. The summed E-state index contributed by atoms with van der Waals surface area (Å²) >= 11 is 0. The van der Waals surface area contributed by atoms with E-state index in [4.69, 9.17) is 16.5 Å². The summed E-state index contributed by atoms with van der Waals surface area (Å²) in [6.07, 6.45) is 15.0. The predicted molar refractivity (Wildman–Crippen MR) is 175 cm³/mol. The van der Waals surface area contributed by atoms with Crippen LogP contribution < -0.4 is 22.2 Å². The number of unbranched alkanes of at least 4 members (excludes halogenated alkanes) is 4. The summed E-state index contributed by atoms with van der Waals surface area (Å²) in [5.74, 6) is -1.26. The molecule has 0 radical (unpaired) electrons. The van der Waals surface area contributed by atoms with Gasteiger partial charge in [0, 0.05) is 45.4 Å². The van der Waals surface area contributed by atoms with Crippen LogP contribution in [0.25, 0.3) is 0 Å². The minimum Gasteiger partial charge on any atom is -0.315 e. The van der Waals surface area contributed by atoms with Crippen molar-refractivity contribution in [1.29, 1.82) is 0 Å². The van der Waals surface area contributed by atoms with Crippen molar-refractivity contribution >= 4 is 23.7 Å². The number of hydrazone groups is 1. The lowest BCUT2D eigenvalue weighted by molar-refractivity contribution is -0.580. The SMILES string of the molecule is CCCCCCN1CCC(=[N+]2C=[N+](CCCC)NC2C)C(=NC(=O)C(C(N)N)C2CC(C)(CCC)CCC=C(F)CN2)C1. The third kappa shape index (κ3) is 10.5. The fourth-order valence-corrected chi connectivity index (χ4v) is 6.94. The van der Waals surface area contributed by atoms with E-state index in [1.165, 1.54) is 19.3 Å². The number of nitrogens with two attached hydrogens (primary N) is 2. The molecule has 0 saturated carbocycles. The lowest BCUT2D eigenvalue weighted by Crippen LogP contribution is -2.55. The highest BCUT2D eigenvalue weighted by atomic mass is 19.1. The molecule has 3 rings (SSSR count). The molecule has 0 aromatic heterocycles. The number of allylic oxidation sites excluding steroid dienone is 1. The van der Waals surface area contributed by atoms with Gasteiger partial charge in [-0.25, -0.2) is 9.38 Å². The van der Waals surface area contributed by atoms with Crippen LogP contribution in [0, 0.1) is 11.3 Å². The van der Waals surface area contributed by atoms with Crippen LogP contribution in [0.3, 0.4) is 0 Å². The number of nitrogens with zero attached hydrogens (tertiary/aromatic N) is 4. The Labute approximate surface area is 260 Å². The maximum Gasteiger partial charge on any atom is 0.432 e. The van der Waals surface area contributed by atoms with Gasteiger partial charge in [-0.2, -0.15) is 0 Å². The molecule has 3 heterocycles. The fraction of sp³-hybridized carbons (Fsp3) is 0.818. The Morgan fingerprint density at radius 2 is 1.95 bits per heavy atom. The summed E-state index contributed by atoms with van der Waals surface area (Å²) in [6, 6.07) is -0.369. The molecular weight excluding hydrogens is 543 g/mol. The standard InChI is InChI=1S/C33H60FN8O/c1-6-9-11-12-18-40-20-15-29(42-24-41(19-10-7-2)39-25(42)4)28(23-40)38-32(43)30(31(35)36)27-21-33(5,16-8-3)17-13-14-26(34)22-37-27/h14,24-25,27,30-31,37H,6-13,15-23,35-36H2,1-5H3/q+1/p+1. The van der Waals surface area contributed by atoms with Crippen LogP contribution in [-0.2, 0) is 4.79 Å². The molecule has 0 bridgehead atoms. The number of carbonyl (C=O) groups is 1. The Bertz CT molecular complexity index is 1040. The van der Waals surface area contributed by atoms with Crippen molar-refractivity contribution in [3.63, 3.8) is 0 Å². The summed E-state index contributed by atoms with van der Waals surface area (Å²) in [5.41, 5.74) is 18.1. The molecule has 1 amide bonds. The Morgan fingerprint density at radius 1 is 1.19 bits per heavy atom. The van der Waals surface area contributed by atoms with Gasteiger partial charge in [0.15, 0.2) is 6.54 Å². The molecule has 0 aromatic carbocycles. The molecule has 1 fully saturated rings. The highest BCUT2D eigenvalue weighted by Crippen LogP contribution is 2.37. The quantitative estimate of drug-likeness (QED) is 0.143. The van der Waals surface area contributed by atoms with Gasteiger partial charge in [-0.15, -0.1) is 10.0 Å². The van der Waals surface area contributed by atoms with Crippen LogP contribution in [0.1, 0.15) is 112 Å². The number of rotatable bonds is 13. The average molecular weight is 605 g/mol. The molecule has 3 aliphatic rings. The molecule has 0 spiro atoms. The van der Waals surface area contributed by atoms with Gasteiger partial charge in [0.25, 0.3) is 12.1 Å². The lowest BCUT2D eigenvalue weighted by Gasteiger charge is -2.37. The van der Waals surface area contributed by atoms with Crippen molar-refractivity contribution in [2.75, 3.05) is 32.7 Å². The van der Waals surface area contributed by atoms with Gasteiger partial charge in [0.2, 0.25) is 5.71 Å². The number of amides is 1. The molecule has 0 aliphatic carbocycles. The Morgan fingerprint density at radius 3 is 2.65 bits per heavy atom. The van der Waals surface area contributed by atoms with Crippen molar-refractivity contribution in [3.05, 3.63) is 11.9 Å². The minimum absolute atomic E-state index is 0.0565. The highest BCUT2D eigenvalue weighted by Gasteiger charge is 2.41. The number of piperidine rings is 1. The van der Waals surface area contributed by atoms with Gasteiger partial charge in [-0.1, -0.05) is 70.6 Å². The van der Waals surface area contributed by atoms with Gasteiger partial charge in [-0.3, -0.25) is 9.69 Å². The van der Waals surface area contributed by atoms with Crippen molar-refractivity contribution in [3.8, 4) is 0 Å². The molecule has 6 N–H and O–H groups in total. The second-order valence-electron chi connectivity index (χ2n) is 13.3.